The quantitative estimate of drug-likeness (QED) is 0.843. The highest BCUT2D eigenvalue weighted by atomic mass is 19.3. The molecule has 1 heterocycles. The number of amides is 2. The fourth-order valence-corrected chi connectivity index (χ4v) is 2.67. The maximum absolute atomic E-state index is 12.4. The summed E-state index contributed by atoms with van der Waals surface area (Å²) in [5, 5.41) is 5.35. The number of fused-ring (bicyclic) bond motifs is 1. The van der Waals surface area contributed by atoms with Gasteiger partial charge in [0.1, 0.15) is 17.6 Å². The third kappa shape index (κ3) is 4.59. The number of urea groups is 1. The van der Waals surface area contributed by atoms with Gasteiger partial charge in [0.15, 0.2) is 0 Å². The van der Waals surface area contributed by atoms with Crippen molar-refractivity contribution in [2.24, 2.45) is 0 Å². The lowest BCUT2D eigenvalue weighted by Crippen LogP contribution is -2.40. The first-order chi connectivity index (χ1) is 12.1. The highest BCUT2D eigenvalue weighted by Crippen LogP contribution is 2.27. The molecule has 2 N–H and O–H groups in total. The predicted octanol–water partition coefficient (Wildman–Crippen LogP) is 3.09. The van der Waals surface area contributed by atoms with E-state index in [2.05, 4.69) is 15.4 Å². The van der Waals surface area contributed by atoms with Gasteiger partial charge < -0.3 is 20.1 Å². The van der Waals surface area contributed by atoms with Gasteiger partial charge in [-0.15, -0.1) is 0 Å². The molecule has 25 heavy (non-hydrogen) atoms. The molecule has 0 aromatic heterocycles. The topological polar surface area (TPSA) is 59.6 Å². The van der Waals surface area contributed by atoms with E-state index in [9.17, 15) is 13.6 Å². The molecule has 2 amide bonds. The second kappa shape index (κ2) is 7.83. The monoisotopic (exact) mass is 348 g/mol. The normalized spacial score (nSPS) is 15.4. The van der Waals surface area contributed by atoms with E-state index >= 15 is 0 Å². The number of halogens is 2. The van der Waals surface area contributed by atoms with Crippen LogP contribution in [-0.2, 0) is 13.0 Å². The Morgan fingerprint density at radius 3 is 2.72 bits per heavy atom. The van der Waals surface area contributed by atoms with Crippen LogP contribution in [0.15, 0.2) is 48.5 Å². The summed E-state index contributed by atoms with van der Waals surface area (Å²) in [7, 11) is 0. The zero-order valence-corrected chi connectivity index (χ0v) is 13.4. The lowest BCUT2D eigenvalue weighted by atomic mass is 10.1. The van der Waals surface area contributed by atoms with Crippen molar-refractivity contribution in [2.45, 2.75) is 25.7 Å². The molecule has 2 aromatic rings. The summed E-state index contributed by atoms with van der Waals surface area (Å²) in [6, 6.07) is 13.7. The van der Waals surface area contributed by atoms with Crippen molar-refractivity contribution in [3.63, 3.8) is 0 Å². The van der Waals surface area contributed by atoms with Gasteiger partial charge in [0.2, 0.25) is 0 Å². The minimum atomic E-state index is -2.91. The first-order valence-corrected chi connectivity index (χ1v) is 7.91. The number of nitrogens with one attached hydrogen (secondary N) is 2. The highest BCUT2D eigenvalue weighted by Gasteiger charge is 2.22. The molecule has 0 bridgehead atoms. The molecule has 5 nitrogen and oxygen atoms in total. The van der Waals surface area contributed by atoms with E-state index in [1.807, 2.05) is 24.3 Å². The molecule has 3 rings (SSSR count). The minimum absolute atomic E-state index is 0.0485. The number of carbonyl (C=O) groups excluding carboxylic acids is 1. The fourth-order valence-electron chi connectivity index (χ4n) is 2.67. The maximum atomic E-state index is 12.4. The van der Waals surface area contributed by atoms with Crippen LogP contribution in [0.1, 0.15) is 11.1 Å². The minimum Gasteiger partial charge on any atom is -0.488 e. The Hall–Kier alpha value is -2.83. The summed E-state index contributed by atoms with van der Waals surface area (Å²) in [4.78, 5) is 11.9. The first-order valence-electron chi connectivity index (χ1n) is 7.91. The average Bonchev–Trinajstić information content (AvgIpc) is 3.01. The zero-order valence-electron chi connectivity index (χ0n) is 13.4. The largest absolute Gasteiger partial charge is 0.488 e. The third-order valence-corrected chi connectivity index (χ3v) is 3.83. The SMILES string of the molecule is O=C(NCc1ccccc1OC(F)F)NC[C@H]1Cc2ccccc2O1. The van der Waals surface area contributed by atoms with Crippen LogP contribution in [-0.4, -0.2) is 25.3 Å². The molecule has 0 unspecified atom stereocenters. The van der Waals surface area contributed by atoms with Gasteiger partial charge in [0, 0.05) is 18.5 Å². The van der Waals surface area contributed by atoms with Gasteiger partial charge in [-0.05, 0) is 17.7 Å². The smallest absolute Gasteiger partial charge is 0.387 e. The molecule has 0 saturated heterocycles. The van der Waals surface area contributed by atoms with Gasteiger partial charge in [-0.2, -0.15) is 8.78 Å². The molecule has 1 aliphatic heterocycles. The number of para-hydroxylation sites is 2. The van der Waals surface area contributed by atoms with Crippen LogP contribution in [0.4, 0.5) is 13.6 Å². The summed E-state index contributed by atoms with van der Waals surface area (Å²) in [6.07, 6.45) is 0.624. The molecule has 0 saturated carbocycles. The number of rotatable bonds is 6. The molecule has 0 spiro atoms. The van der Waals surface area contributed by atoms with Crippen LogP contribution < -0.4 is 20.1 Å². The van der Waals surface area contributed by atoms with E-state index in [4.69, 9.17) is 4.74 Å². The van der Waals surface area contributed by atoms with E-state index in [1.54, 1.807) is 18.2 Å². The fraction of sp³-hybridized carbons (Fsp3) is 0.278. The van der Waals surface area contributed by atoms with Gasteiger partial charge in [-0.1, -0.05) is 36.4 Å². The van der Waals surface area contributed by atoms with E-state index in [0.29, 0.717) is 12.1 Å². The van der Waals surface area contributed by atoms with Crippen LogP contribution >= 0.6 is 0 Å². The summed E-state index contributed by atoms with van der Waals surface area (Å²) < 4.78 is 34.9. The second-order valence-electron chi connectivity index (χ2n) is 5.60. The Bertz CT molecular complexity index is 715. The van der Waals surface area contributed by atoms with E-state index in [-0.39, 0.29) is 18.4 Å². The van der Waals surface area contributed by atoms with Gasteiger partial charge in [-0.3, -0.25) is 0 Å². The van der Waals surface area contributed by atoms with E-state index in [1.165, 1.54) is 6.07 Å². The average molecular weight is 348 g/mol. The molecule has 7 heteroatoms. The maximum Gasteiger partial charge on any atom is 0.387 e. The van der Waals surface area contributed by atoms with E-state index in [0.717, 1.165) is 17.7 Å². The predicted molar refractivity (Wildman–Crippen MR) is 87.9 cm³/mol. The number of hydrogen-bond donors (Lipinski definition) is 2. The van der Waals surface area contributed by atoms with Crippen molar-refractivity contribution in [1.29, 1.82) is 0 Å². The number of benzene rings is 2. The molecule has 0 radical (unpaired) electrons. The summed E-state index contributed by atoms with van der Waals surface area (Å²) >= 11 is 0. The van der Waals surface area contributed by atoms with Crippen molar-refractivity contribution in [3.05, 3.63) is 59.7 Å². The zero-order chi connectivity index (χ0) is 17.6. The van der Waals surface area contributed by atoms with Crippen molar-refractivity contribution in [3.8, 4) is 11.5 Å². The Kier molecular flexibility index (Phi) is 5.33. The van der Waals surface area contributed by atoms with Crippen LogP contribution in [0.3, 0.4) is 0 Å². The van der Waals surface area contributed by atoms with Crippen molar-refractivity contribution < 1.29 is 23.0 Å². The Morgan fingerprint density at radius 1 is 1.16 bits per heavy atom. The molecule has 1 atom stereocenters. The van der Waals surface area contributed by atoms with Crippen LogP contribution in [0.5, 0.6) is 11.5 Å². The molecule has 2 aromatic carbocycles. The van der Waals surface area contributed by atoms with Gasteiger partial charge in [-0.25, -0.2) is 4.79 Å². The highest BCUT2D eigenvalue weighted by molar-refractivity contribution is 5.74. The molecule has 132 valence electrons. The molecular weight excluding hydrogens is 330 g/mol. The number of ether oxygens (including phenoxy) is 2. The molecule has 0 fully saturated rings. The van der Waals surface area contributed by atoms with Crippen molar-refractivity contribution >= 4 is 6.03 Å². The van der Waals surface area contributed by atoms with Crippen LogP contribution in [0.2, 0.25) is 0 Å². The van der Waals surface area contributed by atoms with Crippen molar-refractivity contribution in [2.75, 3.05) is 6.54 Å². The number of carbonyl (C=O) groups is 1. The van der Waals surface area contributed by atoms with Gasteiger partial charge in [0.05, 0.1) is 6.54 Å². The standard InChI is InChI=1S/C18H18F2N2O3/c19-17(20)25-16-8-4-2-6-13(16)10-21-18(23)22-11-14-9-12-5-1-3-7-15(12)24-14/h1-8,14,17H,9-11H2,(H2,21,22,23)/t14-/m1/s1. The molecule has 0 aliphatic carbocycles. The summed E-state index contributed by atoms with van der Waals surface area (Å²) in [6.45, 7) is -2.47. The summed E-state index contributed by atoms with van der Waals surface area (Å²) in [5.74, 6) is 0.889. The lowest BCUT2D eigenvalue weighted by molar-refractivity contribution is -0.0504. The van der Waals surface area contributed by atoms with Gasteiger partial charge >= 0.3 is 12.6 Å². The molecular formula is C18H18F2N2O3. The molecule has 1 aliphatic rings. The lowest BCUT2D eigenvalue weighted by Gasteiger charge is -2.14. The second-order valence-corrected chi connectivity index (χ2v) is 5.60. The van der Waals surface area contributed by atoms with Crippen LogP contribution in [0.25, 0.3) is 0 Å². The van der Waals surface area contributed by atoms with Crippen molar-refractivity contribution in [1.82, 2.24) is 10.6 Å². The Balaban J connectivity index is 1.45. The number of hydrogen-bond acceptors (Lipinski definition) is 3. The Morgan fingerprint density at radius 2 is 1.92 bits per heavy atom. The van der Waals surface area contributed by atoms with E-state index < -0.39 is 12.6 Å². The summed E-state index contributed by atoms with van der Waals surface area (Å²) in [5.41, 5.74) is 1.59. The third-order valence-electron chi connectivity index (χ3n) is 3.83. The Labute approximate surface area is 143 Å². The number of alkyl halides is 2. The van der Waals surface area contributed by atoms with Crippen LogP contribution in [0, 0.1) is 0 Å². The van der Waals surface area contributed by atoms with Gasteiger partial charge in [0.25, 0.3) is 0 Å². The first kappa shape index (κ1) is 17.0.